The number of hydrogen-bond acceptors (Lipinski definition) is 4. The number of aryl methyl sites for hydroxylation is 1. The first-order valence-corrected chi connectivity index (χ1v) is 13.0. The number of hydrogen-bond donors (Lipinski definition) is 3. The highest BCUT2D eigenvalue weighted by atomic mass is 79.9. The fraction of sp³-hybridized carbons (Fsp3) is 0.462. The predicted octanol–water partition coefficient (Wildman–Crippen LogP) is 3.53. The van der Waals surface area contributed by atoms with Gasteiger partial charge in [-0.15, -0.1) is 0 Å². The van der Waals surface area contributed by atoms with Crippen LogP contribution in [0, 0.1) is 0 Å². The number of nitrogens with zero attached hydrogens (tertiary/aromatic N) is 1. The lowest BCUT2D eigenvalue weighted by molar-refractivity contribution is -0.121. The van der Waals surface area contributed by atoms with E-state index in [9.17, 15) is 9.59 Å². The number of carbonyl (C=O) groups excluding carboxylic acids is 2. The highest BCUT2D eigenvalue weighted by Gasteiger charge is 2.26. The fourth-order valence-corrected chi connectivity index (χ4v) is 5.50. The van der Waals surface area contributed by atoms with Gasteiger partial charge in [0.05, 0.1) is 18.8 Å². The molecule has 2 aromatic rings. The smallest absolute Gasteiger partial charge is 0.256 e. The third-order valence-corrected chi connectivity index (χ3v) is 7.45. The number of ether oxygens (including phenoxy) is 1. The minimum absolute atomic E-state index is 0.0745. The van der Waals surface area contributed by atoms with Crippen molar-refractivity contribution < 1.29 is 14.3 Å². The predicted molar refractivity (Wildman–Crippen MR) is 137 cm³/mol. The van der Waals surface area contributed by atoms with E-state index in [1.807, 2.05) is 24.3 Å². The molecule has 0 bridgehead atoms. The molecule has 8 heteroatoms. The lowest BCUT2D eigenvalue weighted by atomic mass is 9.92. The van der Waals surface area contributed by atoms with Crippen LogP contribution in [0.25, 0.3) is 11.6 Å². The van der Waals surface area contributed by atoms with Crippen molar-refractivity contribution in [2.45, 2.75) is 38.5 Å². The van der Waals surface area contributed by atoms with Crippen LogP contribution in [0.1, 0.15) is 47.3 Å². The topological polar surface area (TPSA) is 86.5 Å². The Hall–Kier alpha value is -2.42. The lowest BCUT2D eigenvalue weighted by Gasteiger charge is -2.26. The molecule has 7 nitrogen and oxygen atoms in total. The second kappa shape index (κ2) is 10.5. The van der Waals surface area contributed by atoms with E-state index in [1.54, 1.807) is 0 Å². The third kappa shape index (κ3) is 5.14. The van der Waals surface area contributed by atoms with Gasteiger partial charge in [-0.25, -0.2) is 0 Å². The monoisotopic (exact) mass is 526 g/mol. The second-order valence-electron chi connectivity index (χ2n) is 9.19. The zero-order valence-corrected chi connectivity index (χ0v) is 20.9. The molecule has 180 valence electrons. The number of morpholine rings is 1. The van der Waals surface area contributed by atoms with Crippen molar-refractivity contribution in [1.29, 1.82) is 0 Å². The summed E-state index contributed by atoms with van der Waals surface area (Å²) in [6, 6.07) is 5.82. The Balaban J connectivity index is 1.30. The van der Waals surface area contributed by atoms with E-state index in [4.69, 9.17) is 4.74 Å². The van der Waals surface area contributed by atoms with Gasteiger partial charge in [-0.1, -0.05) is 15.9 Å². The number of amides is 2. The van der Waals surface area contributed by atoms with E-state index in [0.717, 1.165) is 73.5 Å². The Kier molecular flexibility index (Phi) is 7.18. The number of aromatic amines is 1. The molecule has 1 aromatic heterocycles. The number of anilines is 1. The lowest BCUT2D eigenvalue weighted by Crippen LogP contribution is -2.41. The molecule has 0 spiro atoms. The van der Waals surface area contributed by atoms with E-state index in [1.165, 1.54) is 23.2 Å². The quantitative estimate of drug-likeness (QED) is 0.481. The SMILES string of the molecule is O=C(CCc1c(C=C2C(=O)Nc3ccc(Br)cc32)[nH]c2c1CCCC2)NCCN1CCOCC1. The largest absolute Gasteiger partial charge is 0.379 e. The summed E-state index contributed by atoms with van der Waals surface area (Å²) in [7, 11) is 0. The molecule has 5 rings (SSSR count). The summed E-state index contributed by atoms with van der Waals surface area (Å²) in [6.07, 6.45) is 7.46. The van der Waals surface area contributed by atoms with Gasteiger partial charge < -0.3 is 20.4 Å². The second-order valence-corrected chi connectivity index (χ2v) is 10.1. The summed E-state index contributed by atoms with van der Waals surface area (Å²) >= 11 is 3.52. The Morgan fingerprint density at radius 2 is 2.03 bits per heavy atom. The summed E-state index contributed by atoms with van der Waals surface area (Å²) in [5.74, 6) is -0.0158. The van der Waals surface area contributed by atoms with Gasteiger partial charge in [0.1, 0.15) is 0 Å². The standard InChI is InChI=1S/C26H31BrN4O3/c27-17-5-7-23-20(15-17)21(26(33)30-23)16-24-19(18-3-1-2-4-22(18)29-24)6-8-25(32)28-9-10-31-11-13-34-14-12-31/h5,7,15-16,29H,1-4,6,8-14H2,(H,28,32)(H,30,33). The molecule has 2 amide bonds. The highest BCUT2D eigenvalue weighted by Crippen LogP contribution is 2.37. The summed E-state index contributed by atoms with van der Waals surface area (Å²) in [6.45, 7) is 4.91. The molecule has 3 N–H and O–H groups in total. The van der Waals surface area contributed by atoms with Crippen LogP contribution in [0.3, 0.4) is 0 Å². The fourth-order valence-electron chi connectivity index (χ4n) is 5.14. The van der Waals surface area contributed by atoms with E-state index < -0.39 is 0 Å². The number of carbonyl (C=O) groups is 2. The van der Waals surface area contributed by atoms with E-state index in [0.29, 0.717) is 25.0 Å². The van der Waals surface area contributed by atoms with Crippen molar-refractivity contribution in [2.24, 2.45) is 0 Å². The van der Waals surface area contributed by atoms with Gasteiger partial charge in [-0.2, -0.15) is 0 Å². The van der Waals surface area contributed by atoms with Crippen LogP contribution >= 0.6 is 15.9 Å². The van der Waals surface area contributed by atoms with Crippen LogP contribution in [-0.2, 0) is 33.6 Å². The molecule has 34 heavy (non-hydrogen) atoms. The van der Waals surface area contributed by atoms with E-state index in [2.05, 4.69) is 36.4 Å². The van der Waals surface area contributed by atoms with Gasteiger partial charge in [-0.05, 0) is 67.5 Å². The number of aromatic nitrogens is 1. The molecule has 0 atom stereocenters. The summed E-state index contributed by atoms with van der Waals surface area (Å²) in [5.41, 5.74) is 7.13. The van der Waals surface area contributed by atoms with Crippen molar-refractivity contribution in [2.75, 3.05) is 44.7 Å². The molecular formula is C26H31BrN4O3. The first kappa shape index (κ1) is 23.3. The minimum Gasteiger partial charge on any atom is -0.379 e. The van der Waals surface area contributed by atoms with E-state index >= 15 is 0 Å². The summed E-state index contributed by atoms with van der Waals surface area (Å²) < 4.78 is 6.32. The molecular weight excluding hydrogens is 496 g/mol. The van der Waals surface area contributed by atoms with Crippen LogP contribution < -0.4 is 10.6 Å². The number of H-pyrrole nitrogens is 1. The summed E-state index contributed by atoms with van der Waals surface area (Å²) in [4.78, 5) is 31.2. The number of nitrogens with one attached hydrogen (secondary N) is 3. The van der Waals surface area contributed by atoms with Crippen molar-refractivity contribution >= 4 is 45.1 Å². The van der Waals surface area contributed by atoms with Crippen LogP contribution in [0.2, 0.25) is 0 Å². The molecule has 3 aliphatic rings. The Labute approximate surface area is 208 Å². The number of halogens is 1. The van der Waals surface area contributed by atoms with Gasteiger partial charge in [0.15, 0.2) is 0 Å². The zero-order valence-electron chi connectivity index (χ0n) is 19.3. The molecule has 1 fully saturated rings. The average molecular weight is 527 g/mol. The average Bonchev–Trinajstić information content (AvgIpc) is 3.35. The summed E-state index contributed by atoms with van der Waals surface area (Å²) in [5, 5.41) is 6.03. The molecule has 0 unspecified atom stereocenters. The molecule has 0 radical (unpaired) electrons. The Morgan fingerprint density at radius 1 is 1.21 bits per heavy atom. The molecule has 1 saturated heterocycles. The van der Waals surface area contributed by atoms with Crippen LogP contribution in [0.4, 0.5) is 5.69 Å². The molecule has 0 saturated carbocycles. The van der Waals surface area contributed by atoms with Gasteiger partial charge in [0.25, 0.3) is 5.91 Å². The maximum Gasteiger partial charge on any atom is 0.256 e. The van der Waals surface area contributed by atoms with Crippen molar-refractivity contribution in [3.63, 3.8) is 0 Å². The van der Waals surface area contributed by atoms with E-state index in [-0.39, 0.29) is 11.8 Å². The number of benzene rings is 1. The van der Waals surface area contributed by atoms with Crippen LogP contribution in [-0.4, -0.2) is 61.1 Å². The third-order valence-electron chi connectivity index (χ3n) is 6.95. The van der Waals surface area contributed by atoms with Crippen LogP contribution in [0.15, 0.2) is 22.7 Å². The first-order chi connectivity index (χ1) is 16.6. The number of rotatable bonds is 7. The molecule has 2 aliphatic heterocycles. The molecule has 1 aliphatic carbocycles. The maximum atomic E-state index is 12.7. The van der Waals surface area contributed by atoms with Crippen molar-refractivity contribution in [3.8, 4) is 0 Å². The van der Waals surface area contributed by atoms with Gasteiger partial charge in [0, 0.05) is 59.7 Å². The van der Waals surface area contributed by atoms with Crippen molar-refractivity contribution in [3.05, 3.63) is 50.8 Å². The van der Waals surface area contributed by atoms with Gasteiger partial charge in [-0.3, -0.25) is 14.5 Å². The number of fused-ring (bicyclic) bond motifs is 2. The van der Waals surface area contributed by atoms with Gasteiger partial charge in [0.2, 0.25) is 5.91 Å². The highest BCUT2D eigenvalue weighted by molar-refractivity contribution is 9.10. The molecule has 3 heterocycles. The van der Waals surface area contributed by atoms with Crippen molar-refractivity contribution in [1.82, 2.24) is 15.2 Å². The van der Waals surface area contributed by atoms with Gasteiger partial charge >= 0.3 is 0 Å². The molecule has 1 aromatic carbocycles. The normalized spacial score (nSPS) is 19.1. The minimum atomic E-state index is -0.0903. The van der Waals surface area contributed by atoms with Crippen LogP contribution in [0.5, 0.6) is 0 Å². The zero-order chi connectivity index (χ0) is 23.5. The Bertz CT molecular complexity index is 1120. The Morgan fingerprint density at radius 3 is 2.88 bits per heavy atom. The first-order valence-electron chi connectivity index (χ1n) is 12.2. The maximum absolute atomic E-state index is 12.7.